The van der Waals surface area contributed by atoms with Crippen LogP contribution in [0.2, 0.25) is 0 Å². The Morgan fingerprint density at radius 3 is 2.85 bits per heavy atom. The molecule has 0 spiro atoms. The lowest BCUT2D eigenvalue weighted by atomic mass is 10.1. The van der Waals surface area contributed by atoms with Crippen molar-refractivity contribution in [2.24, 2.45) is 0 Å². The van der Waals surface area contributed by atoms with Crippen LogP contribution in [0.5, 0.6) is 0 Å². The van der Waals surface area contributed by atoms with Crippen molar-refractivity contribution in [3.05, 3.63) is 39.2 Å². The fraction of sp³-hybridized carbons (Fsp3) is 0.200. The normalized spacial score (nSPS) is 10.7. The Labute approximate surface area is 91.4 Å². The first kappa shape index (κ1) is 10.5. The molecule has 1 rings (SSSR count). The van der Waals surface area contributed by atoms with Crippen molar-refractivity contribution < 1.29 is 9.84 Å². The molecule has 70 valence electrons. The van der Waals surface area contributed by atoms with Crippen LogP contribution in [0, 0.1) is 3.57 Å². The molecular formula is C10H11IO2. The molecule has 2 nitrogen and oxygen atoms in total. The summed E-state index contributed by atoms with van der Waals surface area (Å²) in [4.78, 5) is 0. The third-order valence-corrected chi connectivity index (χ3v) is 2.65. The van der Waals surface area contributed by atoms with E-state index in [2.05, 4.69) is 22.6 Å². The maximum Gasteiger partial charge on any atom is 0.0830 e. The fourth-order valence-electron chi connectivity index (χ4n) is 0.942. The van der Waals surface area contributed by atoms with Gasteiger partial charge in [-0.3, -0.25) is 0 Å². The predicted octanol–water partition coefficient (Wildman–Crippen LogP) is 2.40. The van der Waals surface area contributed by atoms with E-state index in [0.29, 0.717) is 0 Å². The van der Waals surface area contributed by atoms with Gasteiger partial charge in [-0.15, -0.1) is 0 Å². The van der Waals surface area contributed by atoms with Crippen LogP contribution in [-0.4, -0.2) is 12.2 Å². The summed E-state index contributed by atoms with van der Waals surface area (Å²) in [5.74, 6) is 0. The monoisotopic (exact) mass is 290 g/mol. The SMILES string of the molecule is CO/C=C\c1ccc(CO)c(I)c1. The van der Waals surface area contributed by atoms with Crippen LogP contribution < -0.4 is 0 Å². The quantitative estimate of drug-likeness (QED) is 0.684. The summed E-state index contributed by atoms with van der Waals surface area (Å²) < 4.78 is 5.88. The number of hydrogen-bond acceptors (Lipinski definition) is 2. The second-order valence-electron chi connectivity index (χ2n) is 2.55. The number of methoxy groups -OCH3 is 1. The van der Waals surface area contributed by atoms with Crippen LogP contribution in [0.4, 0.5) is 0 Å². The summed E-state index contributed by atoms with van der Waals surface area (Å²) in [6.07, 6.45) is 3.51. The molecule has 1 aromatic rings. The minimum Gasteiger partial charge on any atom is -0.504 e. The predicted molar refractivity (Wildman–Crippen MR) is 61.1 cm³/mol. The van der Waals surface area contributed by atoms with Gasteiger partial charge in [0.25, 0.3) is 0 Å². The molecule has 0 fully saturated rings. The van der Waals surface area contributed by atoms with Gasteiger partial charge in [-0.25, -0.2) is 0 Å². The van der Waals surface area contributed by atoms with Crippen molar-refractivity contribution in [3.8, 4) is 0 Å². The van der Waals surface area contributed by atoms with Crippen LogP contribution in [0.1, 0.15) is 11.1 Å². The molecule has 0 aromatic heterocycles. The average Bonchev–Trinajstić information content (AvgIpc) is 2.15. The Morgan fingerprint density at radius 1 is 1.54 bits per heavy atom. The first-order valence-corrected chi connectivity index (χ1v) is 4.94. The number of rotatable bonds is 3. The van der Waals surface area contributed by atoms with Crippen molar-refractivity contribution in [1.82, 2.24) is 0 Å². The van der Waals surface area contributed by atoms with Crippen molar-refractivity contribution >= 4 is 28.7 Å². The number of aliphatic hydroxyl groups excluding tert-OH is 1. The van der Waals surface area contributed by atoms with E-state index in [9.17, 15) is 0 Å². The third-order valence-electron chi connectivity index (χ3n) is 1.64. The van der Waals surface area contributed by atoms with Gasteiger partial charge >= 0.3 is 0 Å². The maximum absolute atomic E-state index is 8.94. The highest BCUT2D eigenvalue weighted by Crippen LogP contribution is 2.15. The zero-order valence-electron chi connectivity index (χ0n) is 7.33. The van der Waals surface area contributed by atoms with Crippen LogP contribution >= 0.6 is 22.6 Å². The lowest BCUT2D eigenvalue weighted by molar-refractivity contribution is 0.281. The summed E-state index contributed by atoms with van der Waals surface area (Å²) in [6.45, 7) is 0.0898. The molecule has 0 radical (unpaired) electrons. The molecule has 0 aliphatic heterocycles. The van der Waals surface area contributed by atoms with Gasteiger partial charge in [0.15, 0.2) is 0 Å². The first-order chi connectivity index (χ1) is 6.27. The van der Waals surface area contributed by atoms with E-state index in [1.165, 1.54) is 0 Å². The number of aliphatic hydroxyl groups is 1. The highest BCUT2D eigenvalue weighted by molar-refractivity contribution is 14.1. The van der Waals surface area contributed by atoms with Gasteiger partial charge in [0.05, 0.1) is 20.0 Å². The maximum atomic E-state index is 8.94. The molecule has 0 saturated carbocycles. The van der Waals surface area contributed by atoms with Crippen LogP contribution in [0.3, 0.4) is 0 Å². The molecule has 1 aromatic carbocycles. The molecule has 0 amide bonds. The smallest absolute Gasteiger partial charge is 0.0830 e. The summed E-state index contributed by atoms with van der Waals surface area (Å²) in [5.41, 5.74) is 2.03. The van der Waals surface area contributed by atoms with Gasteiger partial charge in [0, 0.05) is 3.57 Å². The molecule has 0 aliphatic rings. The standard InChI is InChI=1S/C10H11IO2/c1-13-5-4-8-2-3-9(7-12)10(11)6-8/h2-6,12H,7H2,1H3/b5-4-. The molecule has 0 aliphatic carbocycles. The molecule has 0 saturated heterocycles. The van der Waals surface area contributed by atoms with Crippen LogP contribution in [0.25, 0.3) is 6.08 Å². The number of benzene rings is 1. The van der Waals surface area contributed by atoms with E-state index in [1.54, 1.807) is 13.4 Å². The van der Waals surface area contributed by atoms with Gasteiger partial charge in [-0.2, -0.15) is 0 Å². The first-order valence-electron chi connectivity index (χ1n) is 3.86. The van der Waals surface area contributed by atoms with E-state index in [0.717, 1.165) is 14.7 Å². The van der Waals surface area contributed by atoms with Crippen molar-refractivity contribution in [2.45, 2.75) is 6.61 Å². The molecule has 1 N–H and O–H groups in total. The van der Waals surface area contributed by atoms with Gasteiger partial charge in [-0.1, -0.05) is 12.1 Å². The Hall–Kier alpha value is -0.550. The molecule has 0 atom stereocenters. The lowest BCUT2D eigenvalue weighted by Crippen LogP contribution is -1.88. The Morgan fingerprint density at radius 2 is 2.31 bits per heavy atom. The minimum atomic E-state index is 0.0898. The van der Waals surface area contributed by atoms with Crippen molar-refractivity contribution in [1.29, 1.82) is 0 Å². The molecule has 0 bridgehead atoms. The van der Waals surface area contributed by atoms with Crippen LogP contribution in [0.15, 0.2) is 24.5 Å². The molecule has 0 unspecified atom stereocenters. The molecule has 0 heterocycles. The molecular weight excluding hydrogens is 279 g/mol. The molecule has 3 heteroatoms. The van der Waals surface area contributed by atoms with Gasteiger partial charge in [0.1, 0.15) is 0 Å². The van der Waals surface area contributed by atoms with Gasteiger partial charge in [0.2, 0.25) is 0 Å². The lowest BCUT2D eigenvalue weighted by Gasteiger charge is -2.01. The van der Waals surface area contributed by atoms with Crippen molar-refractivity contribution in [2.75, 3.05) is 7.11 Å². The van der Waals surface area contributed by atoms with Gasteiger partial charge in [-0.05, 0) is 45.9 Å². The van der Waals surface area contributed by atoms with E-state index >= 15 is 0 Å². The highest BCUT2D eigenvalue weighted by atomic mass is 127. The topological polar surface area (TPSA) is 29.5 Å². The zero-order chi connectivity index (χ0) is 9.68. The van der Waals surface area contributed by atoms with E-state index in [-0.39, 0.29) is 6.61 Å². The number of halogens is 1. The van der Waals surface area contributed by atoms with Crippen LogP contribution in [-0.2, 0) is 11.3 Å². The minimum absolute atomic E-state index is 0.0898. The zero-order valence-corrected chi connectivity index (χ0v) is 9.48. The number of hydrogen-bond donors (Lipinski definition) is 1. The summed E-state index contributed by atoms with van der Waals surface area (Å²) in [7, 11) is 1.61. The van der Waals surface area contributed by atoms with E-state index in [1.807, 2.05) is 24.3 Å². The summed E-state index contributed by atoms with van der Waals surface area (Å²) in [6, 6.07) is 5.86. The summed E-state index contributed by atoms with van der Waals surface area (Å²) >= 11 is 2.20. The number of ether oxygens (including phenoxy) is 1. The molecule has 13 heavy (non-hydrogen) atoms. The fourth-order valence-corrected chi connectivity index (χ4v) is 1.65. The average molecular weight is 290 g/mol. The Bertz CT molecular complexity index is 308. The Balaban J connectivity index is 2.89. The Kier molecular flexibility index (Phi) is 4.24. The largest absolute Gasteiger partial charge is 0.504 e. The van der Waals surface area contributed by atoms with Crippen molar-refractivity contribution in [3.63, 3.8) is 0 Å². The second kappa shape index (κ2) is 5.24. The summed E-state index contributed by atoms with van der Waals surface area (Å²) in [5, 5.41) is 8.94. The second-order valence-corrected chi connectivity index (χ2v) is 3.71. The highest BCUT2D eigenvalue weighted by Gasteiger charge is 1.97. The van der Waals surface area contributed by atoms with E-state index < -0.39 is 0 Å². The van der Waals surface area contributed by atoms with E-state index in [4.69, 9.17) is 9.84 Å². The third kappa shape index (κ3) is 3.00. The van der Waals surface area contributed by atoms with Gasteiger partial charge < -0.3 is 9.84 Å².